The predicted octanol–water partition coefficient (Wildman–Crippen LogP) is 3.52. The summed E-state index contributed by atoms with van der Waals surface area (Å²) in [4.78, 5) is 3.88. The molecule has 1 heterocycles. The Bertz CT molecular complexity index is 610. The van der Waals surface area contributed by atoms with Crippen molar-refractivity contribution in [3.05, 3.63) is 58.5 Å². The van der Waals surface area contributed by atoms with Crippen LogP contribution in [0.1, 0.15) is 17.3 Å². The van der Waals surface area contributed by atoms with Gasteiger partial charge in [-0.25, -0.2) is 9.37 Å². The third-order valence-electron chi connectivity index (χ3n) is 2.58. The number of halogens is 4. The number of nitrogens with zero attached hydrogens (tertiary/aromatic N) is 1. The first-order valence-corrected chi connectivity index (χ1v) is 5.97. The maximum atomic E-state index is 13.1. The molecule has 0 aliphatic carbocycles. The molecule has 2 rings (SSSR count). The van der Waals surface area contributed by atoms with E-state index in [2.05, 4.69) is 9.72 Å². The van der Waals surface area contributed by atoms with Crippen LogP contribution in [0.5, 0.6) is 5.88 Å². The Labute approximate surface area is 118 Å². The summed E-state index contributed by atoms with van der Waals surface area (Å²) in [5.41, 5.74) is 6.77. The van der Waals surface area contributed by atoms with E-state index in [1.807, 2.05) is 0 Å². The van der Waals surface area contributed by atoms with Crippen LogP contribution >= 0.6 is 11.6 Å². The fourth-order valence-corrected chi connectivity index (χ4v) is 1.83. The molecule has 1 unspecified atom stereocenters. The predicted molar refractivity (Wildman–Crippen MR) is 68.3 cm³/mol. The Balaban J connectivity index is 2.28. The quantitative estimate of drug-likeness (QED) is 0.940. The molecule has 3 nitrogen and oxygen atoms in total. The van der Waals surface area contributed by atoms with Gasteiger partial charge < -0.3 is 10.5 Å². The minimum absolute atomic E-state index is 0.0714. The van der Waals surface area contributed by atoms with Crippen LogP contribution in [-0.2, 0) is 0 Å². The lowest BCUT2D eigenvalue weighted by molar-refractivity contribution is -0.0529. The molecule has 0 amide bonds. The first-order chi connectivity index (χ1) is 9.47. The van der Waals surface area contributed by atoms with Crippen LogP contribution < -0.4 is 10.5 Å². The van der Waals surface area contributed by atoms with Gasteiger partial charge in [-0.3, -0.25) is 0 Å². The number of aromatic nitrogens is 1. The molecule has 0 fully saturated rings. The number of benzene rings is 1. The van der Waals surface area contributed by atoms with Gasteiger partial charge in [0.25, 0.3) is 0 Å². The van der Waals surface area contributed by atoms with E-state index in [0.717, 1.165) is 0 Å². The van der Waals surface area contributed by atoms with Crippen LogP contribution in [0.4, 0.5) is 13.2 Å². The van der Waals surface area contributed by atoms with Crippen LogP contribution in [0.15, 0.2) is 36.4 Å². The molecule has 1 aromatic heterocycles. The standard InChI is InChI=1S/C13H10ClF3N2O/c14-8-6-7(4-5-9(8)15)12(18)10-2-1-3-11(19-10)20-13(16)17/h1-6,12-13H,18H2. The van der Waals surface area contributed by atoms with E-state index < -0.39 is 18.5 Å². The fourth-order valence-electron chi connectivity index (χ4n) is 1.64. The van der Waals surface area contributed by atoms with Crippen molar-refractivity contribution >= 4 is 11.6 Å². The second-order valence-electron chi connectivity index (χ2n) is 3.93. The van der Waals surface area contributed by atoms with Crippen LogP contribution in [0.2, 0.25) is 5.02 Å². The van der Waals surface area contributed by atoms with Gasteiger partial charge in [0.05, 0.1) is 16.8 Å². The number of rotatable bonds is 4. The minimum Gasteiger partial charge on any atom is -0.417 e. The average Bonchev–Trinajstić information content (AvgIpc) is 2.40. The van der Waals surface area contributed by atoms with Gasteiger partial charge in [0.15, 0.2) is 0 Å². The van der Waals surface area contributed by atoms with Gasteiger partial charge in [-0.05, 0) is 23.8 Å². The van der Waals surface area contributed by atoms with Crippen molar-refractivity contribution in [1.29, 1.82) is 0 Å². The molecule has 0 saturated carbocycles. The van der Waals surface area contributed by atoms with Gasteiger partial charge >= 0.3 is 6.61 Å². The highest BCUT2D eigenvalue weighted by Gasteiger charge is 2.14. The Kier molecular flexibility index (Phi) is 4.46. The summed E-state index contributed by atoms with van der Waals surface area (Å²) in [6.07, 6.45) is 0. The van der Waals surface area contributed by atoms with Crippen molar-refractivity contribution < 1.29 is 17.9 Å². The van der Waals surface area contributed by atoms with Crippen molar-refractivity contribution in [3.63, 3.8) is 0 Å². The molecule has 20 heavy (non-hydrogen) atoms. The van der Waals surface area contributed by atoms with Crippen molar-refractivity contribution in [3.8, 4) is 5.88 Å². The van der Waals surface area contributed by atoms with Crippen LogP contribution in [0.25, 0.3) is 0 Å². The zero-order valence-corrected chi connectivity index (χ0v) is 10.8. The molecule has 0 bridgehead atoms. The van der Waals surface area contributed by atoms with Gasteiger partial charge in [0.2, 0.25) is 5.88 Å². The molecule has 106 valence electrons. The van der Waals surface area contributed by atoms with Crippen molar-refractivity contribution in [2.24, 2.45) is 5.73 Å². The van der Waals surface area contributed by atoms with Crippen molar-refractivity contribution in [2.75, 3.05) is 0 Å². The van der Waals surface area contributed by atoms with Gasteiger partial charge in [-0.2, -0.15) is 8.78 Å². The molecule has 0 aliphatic heterocycles. The summed E-state index contributed by atoms with van der Waals surface area (Å²) in [6, 6.07) is 7.61. The number of pyridine rings is 1. The van der Waals surface area contributed by atoms with E-state index >= 15 is 0 Å². The maximum absolute atomic E-state index is 13.1. The third-order valence-corrected chi connectivity index (χ3v) is 2.87. The third kappa shape index (κ3) is 3.40. The Hall–Kier alpha value is -1.79. The summed E-state index contributed by atoms with van der Waals surface area (Å²) >= 11 is 5.67. The first-order valence-electron chi connectivity index (χ1n) is 5.59. The van der Waals surface area contributed by atoms with E-state index in [4.69, 9.17) is 17.3 Å². The monoisotopic (exact) mass is 302 g/mol. The van der Waals surface area contributed by atoms with Gasteiger partial charge in [-0.1, -0.05) is 23.7 Å². The number of hydrogen-bond acceptors (Lipinski definition) is 3. The lowest BCUT2D eigenvalue weighted by Gasteiger charge is -2.13. The van der Waals surface area contributed by atoms with E-state index in [-0.39, 0.29) is 10.9 Å². The molecular weight excluding hydrogens is 293 g/mol. The molecule has 0 radical (unpaired) electrons. The lowest BCUT2D eigenvalue weighted by Crippen LogP contribution is -2.14. The first kappa shape index (κ1) is 14.6. The van der Waals surface area contributed by atoms with Crippen LogP contribution in [0, 0.1) is 5.82 Å². The van der Waals surface area contributed by atoms with Gasteiger partial charge in [0, 0.05) is 6.07 Å². The zero-order chi connectivity index (χ0) is 14.7. The summed E-state index contributed by atoms with van der Waals surface area (Å²) in [7, 11) is 0. The average molecular weight is 303 g/mol. The minimum atomic E-state index is -2.96. The molecular formula is C13H10ClF3N2O. The smallest absolute Gasteiger partial charge is 0.388 e. The lowest BCUT2D eigenvalue weighted by atomic mass is 10.0. The highest BCUT2D eigenvalue weighted by atomic mass is 35.5. The van der Waals surface area contributed by atoms with E-state index in [0.29, 0.717) is 11.3 Å². The van der Waals surface area contributed by atoms with E-state index in [1.165, 1.54) is 30.3 Å². The Morgan fingerprint density at radius 1 is 1.20 bits per heavy atom. The molecule has 0 saturated heterocycles. The van der Waals surface area contributed by atoms with Gasteiger partial charge in [0.1, 0.15) is 5.82 Å². The van der Waals surface area contributed by atoms with Crippen molar-refractivity contribution in [2.45, 2.75) is 12.7 Å². The van der Waals surface area contributed by atoms with Crippen LogP contribution in [0.3, 0.4) is 0 Å². The molecule has 1 aromatic carbocycles. The highest BCUT2D eigenvalue weighted by molar-refractivity contribution is 6.30. The Morgan fingerprint density at radius 2 is 1.95 bits per heavy atom. The molecule has 1 atom stereocenters. The molecule has 0 spiro atoms. The van der Waals surface area contributed by atoms with Gasteiger partial charge in [-0.15, -0.1) is 0 Å². The number of alkyl halides is 2. The van der Waals surface area contributed by atoms with Crippen LogP contribution in [-0.4, -0.2) is 11.6 Å². The summed E-state index contributed by atoms with van der Waals surface area (Å²) in [6.45, 7) is -2.96. The zero-order valence-electron chi connectivity index (χ0n) is 10.1. The molecule has 2 aromatic rings. The molecule has 2 N–H and O–H groups in total. The number of nitrogens with two attached hydrogens (primary N) is 1. The van der Waals surface area contributed by atoms with E-state index in [9.17, 15) is 13.2 Å². The SMILES string of the molecule is NC(c1ccc(F)c(Cl)c1)c1cccc(OC(F)F)n1. The summed E-state index contributed by atoms with van der Waals surface area (Å²) < 4.78 is 41.5. The summed E-state index contributed by atoms with van der Waals surface area (Å²) in [5.74, 6) is -0.800. The van der Waals surface area contributed by atoms with E-state index in [1.54, 1.807) is 6.07 Å². The Morgan fingerprint density at radius 3 is 2.60 bits per heavy atom. The highest BCUT2D eigenvalue weighted by Crippen LogP contribution is 2.24. The topological polar surface area (TPSA) is 48.1 Å². The second kappa shape index (κ2) is 6.11. The molecule has 7 heteroatoms. The van der Waals surface area contributed by atoms with Crippen molar-refractivity contribution in [1.82, 2.24) is 4.98 Å². The number of ether oxygens (including phenoxy) is 1. The number of hydrogen-bond donors (Lipinski definition) is 1. The normalized spacial score (nSPS) is 12.5. The maximum Gasteiger partial charge on any atom is 0.388 e. The summed E-state index contributed by atoms with van der Waals surface area (Å²) in [5, 5.41) is -0.0714. The molecule has 0 aliphatic rings. The fraction of sp³-hybridized carbons (Fsp3) is 0.154. The second-order valence-corrected chi connectivity index (χ2v) is 4.34. The largest absolute Gasteiger partial charge is 0.417 e.